The molecule has 3 N–H and O–H groups in total. The maximum atomic E-state index is 12.7. The summed E-state index contributed by atoms with van der Waals surface area (Å²) in [4.78, 5) is 12.7. The zero-order chi connectivity index (χ0) is 17.6. The minimum absolute atomic E-state index is 0.121. The first-order chi connectivity index (χ1) is 12.1. The third-order valence-corrected chi connectivity index (χ3v) is 4.27. The summed E-state index contributed by atoms with van der Waals surface area (Å²) in [5, 5.41) is 3.11. The number of carbonyl (C=O) groups is 1. The summed E-state index contributed by atoms with van der Waals surface area (Å²) in [5.41, 5.74) is 10.2. The Morgan fingerprint density at radius 2 is 1.44 bits per heavy atom. The average molecular weight is 330 g/mol. The summed E-state index contributed by atoms with van der Waals surface area (Å²) in [5.74, 6) is -0.121. The van der Waals surface area contributed by atoms with Crippen molar-refractivity contribution in [1.29, 1.82) is 0 Å². The molecular weight excluding hydrogens is 308 g/mol. The van der Waals surface area contributed by atoms with E-state index in [2.05, 4.69) is 5.32 Å². The van der Waals surface area contributed by atoms with Crippen molar-refractivity contribution < 1.29 is 4.79 Å². The maximum Gasteiger partial charge on any atom is 0.251 e. The summed E-state index contributed by atoms with van der Waals surface area (Å²) >= 11 is 0. The standard InChI is InChI=1S/C22H22N2O/c1-16-9-8-14-19(15-16)22(25)24-21(18-12-6-3-7-13-18)20(23)17-10-4-2-5-11-17/h2-15,20-21H,23H2,1H3,(H,24,25)/t20-,21-/m0/s1. The van der Waals surface area contributed by atoms with E-state index in [9.17, 15) is 4.79 Å². The molecule has 0 bridgehead atoms. The molecule has 0 aliphatic rings. The van der Waals surface area contributed by atoms with Gasteiger partial charge in [0, 0.05) is 5.56 Å². The molecule has 2 atom stereocenters. The molecule has 3 rings (SSSR count). The van der Waals surface area contributed by atoms with Crippen LogP contribution >= 0.6 is 0 Å². The van der Waals surface area contributed by atoms with Crippen molar-refractivity contribution in [3.05, 3.63) is 107 Å². The Kier molecular flexibility index (Phi) is 5.26. The summed E-state index contributed by atoms with van der Waals surface area (Å²) in [7, 11) is 0. The number of hydrogen-bond acceptors (Lipinski definition) is 2. The Balaban J connectivity index is 1.90. The first kappa shape index (κ1) is 16.9. The summed E-state index contributed by atoms with van der Waals surface area (Å²) in [6.45, 7) is 1.97. The monoisotopic (exact) mass is 330 g/mol. The highest BCUT2D eigenvalue weighted by molar-refractivity contribution is 5.94. The quantitative estimate of drug-likeness (QED) is 0.738. The molecule has 3 aromatic carbocycles. The number of rotatable bonds is 5. The topological polar surface area (TPSA) is 55.1 Å². The van der Waals surface area contributed by atoms with E-state index in [1.54, 1.807) is 0 Å². The van der Waals surface area contributed by atoms with Gasteiger partial charge in [0.1, 0.15) is 0 Å². The lowest BCUT2D eigenvalue weighted by Crippen LogP contribution is -2.36. The zero-order valence-corrected chi connectivity index (χ0v) is 14.2. The molecule has 0 saturated carbocycles. The largest absolute Gasteiger partial charge is 0.343 e. The number of amides is 1. The fourth-order valence-electron chi connectivity index (χ4n) is 2.92. The van der Waals surface area contributed by atoms with Gasteiger partial charge in [-0.25, -0.2) is 0 Å². The van der Waals surface area contributed by atoms with Gasteiger partial charge in [0.05, 0.1) is 12.1 Å². The van der Waals surface area contributed by atoms with Gasteiger partial charge in [0.15, 0.2) is 0 Å². The van der Waals surface area contributed by atoms with Gasteiger partial charge in [0.25, 0.3) is 5.91 Å². The smallest absolute Gasteiger partial charge is 0.251 e. The highest BCUT2D eigenvalue weighted by Gasteiger charge is 2.23. The van der Waals surface area contributed by atoms with Crippen LogP contribution in [0.3, 0.4) is 0 Å². The lowest BCUT2D eigenvalue weighted by Gasteiger charge is -2.26. The Hall–Kier alpha value is -2.91. The fraction of sp³-hybridized carbons (Fsp3) is 0.136. The summed E-state index contributed by atoms with van der Waals surface area (Å²) in [6, 6.07) is 26.6. The molecule has 3 aromatic rings. The van der Waals surface area contributed by atoms with Crippen molar-refractivity contribution in [1.82, 2.24) is 5.32 Å². The fourth-order valence-corrected chi connectivity index (χ4v) is 2.92. The minimum atomic E-state index is -0.336. The van der Waals surface area contributed by atoms with Crippen molar-refractivity contribution >= 4 is 5.91 Å². The predicted molar refractivity (Wildman–Crippen MR) is 101 cm³/mol. The first-order valence-electron chi connectivity index (χ1n) is 8.38. The molecule has 0 aliphatic carbocycles. The maximum absolute atomic E-state index is 12.7. The number of nitrogens with two attached hydrogens (primary N) is 1. The molecule has 0 aliphatic heterocycles. The molecule has 0 heterocycles. The Bertz CT molecular complexity index is 831. The molecule has 0 radical (unpaired) electrons. The van der Waals surface area contributed by atoms with Crippen LogP contribution in [0.5, 0.6) is 0 Å². The van der Waals surface area contributed by atoms with Crippen LogP contribution in [0.15, 0.2) is 84.9 Å². The molecule has 0 unspecified atom stereocenters. The van der Waals surface area contributed by atoms with Crippen LogP contribution in [-0.4, -0.2) is 5.91 Å². The lowest BCUT2D eigenvalue weighted by atomic mass is 9.93. The Morgan fingerprint density at radius 1 is 0.840 bits per heavy atom. The second-order valence-corrected chi connectivity index (χ2v) is 6.17. The van der Waals surface area contributed by atoms with E-state index in [-0.39, 0.29) is 18.0 Å². The van der Waals surface area contributed by atoms with Gasteiger partial charge in [0.2, 0.25) is 0 Å². The molecule has 0 spiro atoms. The van der Waals surface area contributed by atoms with E-state index in [1.807, 2.05) is 91.9 Å². The van der Waals surface area contributed by atoms with Gasteiger partial charge in [-0.15, -0.1) is 0 Å². The van der Waals surface area contributed by atoms with Gasteiger partial charge >= 0.3 is 0 Å². The van der Waals surface area contributed by atoms with E-state index in [1.165, 1.54) is 0 Å². The molecule has 25 heavy (non-hydrogen) atoms. The molecule has 0 saturated heterocycles. The summed E-state index contributed by atoms with van der Waals surface area (Å²) < 4.78 is 0. The molecular formula is C22H22N2O. The van der Waals surface area contributed by atoms with E-state index in [0.717, 1.165) is 16.7 Å². The third-order valence-electron chi connectivity index (χ3n) is 4.27. The number of hydrogen-bond donors (Lipinski definition) is 2. The van der Waals surface area contributed by atoms with Crippen molar-refractivity contribution in [2.45, 2.75) is 19.0 Å². The molecule has 3 nitrogen and oxygen atoms in total. The molecule has 0 aromatic heterocycles. The van der Waals surface area contributed by atoms with Gasteiger partial charge in [-0.1, -0.05) is 78.4 Å². The van der Waals surface area contributed by atoms with Gasteiger partial charge in [-0.3, -0.25) is 4.79 Å². The first-order valence-corrected chi connectivity index (χ1v) is 8.38. The minimum Gasteiger partial charge on any atom is -0.343 e. The van der Waals surface area contributed by atoms with Gasteiger partial charge < -0.3 is 11.1 Å². The average Bonchev–Trinajstić information content (AvgIpc) is 2.67. The molecule has 1 amide bonds. The number of carbonyl (C=O) groups excluding carboxylic acids is 1. The Morgan fingerprint density at radius 3 is 2.04 bits per heavy atom. The molecule has 3 heteroatoms. The van der Waals surface area contributed by atoms with Crippen LogP contribution in [0.4, 0.5) is 0 Å². The lowest BCUT2D eigenvalue weighted by molar-refractivity contribution is 0.0930. The van der Waals surface area contributed by atoms with E-state index in [0.29, 0.717) is 5.56 Å². The third kappa shape index (κ3) is 4.14. The number of aryl methyl sites for hydroxylation is 1. The molecule has 0 fully saturated rings. The van der Waals surface area contributed by atoms with Crippen molar-refractivity contribution in [3.8, 4) is 0 Å². The number of benzene rings is 3. The normalized spacial score (nSPS) is 13.0. The van der Waals surface area contributed by atoms with E-state index < -0.39 is 0 Å². The summed E-state index contributed by atoms with van der Waals surface area (Å²) in [6.07, 6.45) is 0. The Labute approximate surface area is 148 Å². The van der Waals surface area contributed by atoms with E-state index in [4.69, 9.17) is 5.73 Å². The van der Waals surface area contributed by atoms with Crippen molar-refractivity contribution in [2.75, 3.05) is 0 Å². The van der Waals surface area contributed by atoms with Crippen LogP contribution in [0, 0.1) is 6.92 Å². The van der Waals surface area contributed by atoms with Crippen molar-refractivity contribution in [3.63, 3.8) is 0 Å². The predicted octanol–water partition coefficient (Wildman–Crippen LogP) is 4.17. The second kappa shape index (κ2) is 7.77. The van der Waals surface area contributed by atoms with Crippen LogP contribution in [0.25, 0.3) is 0 Å². The van der Waals surface area contributed by atoms with Crippen LogP contribution < -0.4 is 11.1 Å². The molecule has 126 valence electrons. The van der Waals surface area contributed by atoms with E-state index >= 15 is 0 Å². The van der Waals surface area contributed by atoms with Crippen LogP contribution in [0.2, 0.25) is 0 Å². The zero-order valence-electron chi connectivity index (χ0n) is 14.2. The number of nitrogens with one attached hydrogen (secondary N) is 1. The van der Waals surface area contributed by atoms with Gasteiger partial charge in [-0.2, -0.15) is 0 Å². The van der Waals surface area contributed by atoms with Crippen LogP contribution in [0.1, 0.15) is 39.1 Å². The second-order valence-electron chi connectivity index (χ2n) is 6.17. The van der Waals surface area contributed by atoms with Gasteiger partial charge in [-0.05, 0) is 30.2 Å². The highest BCUT2D eigenvalue weighted by atomic mass is 16.1. The van der Waals surface area contributed by atoms with Crippen LogP contribution in [-0.2, 0) is 0 Å². The SMILES string of the molecule is Cc1cccc(C(=O)N[C@@H](c2ccccc2)[C@@H](N)c2ccccc2)c1. The van der Waals surface area contributed by atoms with Crippen molar-refractivity contribution in [2.24, 2.45) is 5.73 Å². The highest BCUT2D eigenvalue weighted by Crippen LogP contribution is 2.27.